The number of amides is 3. The Labute approximate surface area is 156 Å². The van der Waals surface area contributed by atoms with Crippen molar-refractivity contribution in [3.8, 4) is 0 Å². The molecule has 0 aliphatic carbocycles. The van der Waals surface area contributed by atoms with E-state index in [9.17, 15) is 14.4 Å². The van der Waals surface area contributed by atoms with Crippen molar-refractivity contribution in [2.24, 2.45) is 17.6 Å². The van der Waals surface area contributed by atoms with E-state index in [2.05, 4.69) is 0 Å². The van der Waals surface area contributed by atoms with Gasteiger partial charge in [-0.25, -0.2) is 4.79 Å². The fraction of sp³-hybridized carbons (Fsp3) is 0.842. The zero-order valence-corrected chi connectivity index (χ0v) is 16.3. The van der Waals surface area contributed by atoms with Crippen LogP contribution in [0.25, 0.3) is 0 Å². The molecular formula is C19H33N3O4. The van der Waals surface area contributed by atoms with Crippen LogP contribution in [-0.4, -0.2) is 59.5 Å². The third-order valence-electron chi connectivity index (χ3n) is 5.21. The largest absolute Gasteiger partial charge is 0.444 e. The summed E-state index contributed by atoms with van der Waals surface area (Å²) in [5, 5.41) is 0. The number of carbonyl (C=O) groups is 3. The maximum Gasteiger partial charge on any atom is 0.410 e. The van der Waals surface area contributed by atoms with Crippen LogP contribution in [0.1, 0.15) is 59.3 Å². The van der Waals surface area contributed by atoms with Crippen LogP contribution in [0.3, 0.4) is 0 Å². The molecule has 2 fully saturated rings. The predicted molar refractivity (Wildman–Crippen MR) is 98.3 cm³/mol. The summed E-state index contributed by atoms with van der Waals surface area (Å²) in [5.74, 6) is 0.0571. The monoisotopic (exact) mass is 367 g/mol. The Kier molecular flexibility index (Phi) is 6.89. The normalized spacial score (nSPS) is 22.2. The van der Waals surface area contributed by atoms with E-state index in [1.165, 1.54) is 0 Å². The van der Waals surface area contributed by atoms with Crippen LogP contribution in [0.5, 0.6) is 0 Å². The zero-order chi connectivity index (χ0) is 19.3. The topological polar surface area (TPSA) is 92.9 Å². The second-order valence-corrected chi connectivity index (χ2v) is 8.53. The molecule has 0 aromatic rings. The number of ether oxygens (including phenoxy) is 1. The highest BCUT2D eigenvalue weighted by molar-refractivity contribution is 5.80. The van der Waals surface area contributed by atoms with Gasteiger partial charge < -0.3 is 20.3 Å². The number of rotatable bonds is 4. The van der Waals surface area contributed by atoms with Crippen LogP contribution < -0.4 is 5.73 Å². The van der Waals surface area contributed by atoms with Crippen molar-refractivity contribution in [1.29, 1.82) is 0 Å². The van der Waals surface area contributed by atoms with E-state index in [0.717, 1.165) is 38.6 Å². The molecule has 0 aromatic carbocycles. The summed E-state index contributed by atoms with van der Waals surface area (Å²) in [6, 6.07) is 0. The number of carbonyl (C=O) groups excluding carboxylic acids is 3. The molecule has 0 bridgehead atoms. The summed E-state index contributed by atoms with van der Waals surface area (Å²) >= 11 is 0. The van der Waals surface area contributed by atoms with Crippen molar-refractivity contribution in [2.45, 2.75) is 64.9 Å². The molecule has 2 rings (SSSR count). The quantitative estimate of drug-likeness (QED) is 0.824. The summed E-state index contributed by atoms with van der Waals surface area (Å²) in [6.45, 7) is 8.15. The lowest BCUT2D eigenvalue weighted by molar-refractivity contribution is -0.135. The Morgan fingerprint density at radius 1 is 1.04 bits per heavy atom. The highest BCUT2D eigenvalue weighted by atomic mass is 16.6. The minimum atomic E-state index is -0.475. The van der Waals surface area contributed by atoms with Crippen molar-refractivity contribution < 1.29 is 19.1 Å². The van der Waals surface area contributed by atoms with E-state index in [4.69, 9.17) is 10.5 Å². The first-order chi connectivity index (χ1) is 12.2. The number of piperidine rings is 2. The number of nitrogens with zero attached hydrogens (tertiary/aromatic N) is 2. The van der Waals surface area contributed by atoms with Crippen molar-refractivity contribution >= 4 is 17.9 Å². The van der Waals surface area contributed by atoms with E-state index >= 15 is 0 Å². The molecule has 0 spiro atoms. The number of hydrogen-bond acceptors (Lipinski definition) is 4. The van der Waals surface area contributed by atoms with E-state index in [1.807, 2.05) is 20.8 Å². The Hall–Kier alpha value is -1.79. The minimum absolute atomic E-state index is 0.116. The Morgan fingerprint density at radius 2 is 1.69 bits per heavy atom. The van der Waals surface area contributed by atoms with Crippen LogP contribution in [0, 0.1) is 11.8 Å². The van der Waals surface area contributed by atoms with Crippen LogP contribution in [0.2, 0.25) is 0 Å². The van der Waals surface area contributed by atoms with Gasteiger partial charge in [-0.3, -0.25) is 9.59 Å². The average Bonchev–Trinajstić information content (AvgIpc) is 2.58. The summed E-state index contributed by atoms with van der Waals surface area (Å²) < 4.78 is 5.41. The van der Waals surface area contributed by atoms with Crippen LogP contribution in [0.4, 0.5) is 4.79 Å². The van der Waals surface area contributed by atoms with Gasteiger partial charge in [0.15, 0.2) is 0 Å². The minimum Gasteiger partial charge on any atom is -0.444 e. The highest BCUT2D eigenvalue weighted by Gasteiger charge is 2.29. The third-order valence-corrected chi connectivity index (χ3v) is 5.21. The molecule has 2 aliphatic rings. The summed E-state index contributed by atoms with van der Waals surface area (Å²) in [7, 11) is 0. The molecule has 0 aromatic heterocycles. The molecule has 0 saturated carbocycles. The maximum atomic E-state index is 12.4. The first-order valence-electron chi connectivity index (χ1n) is 9.70. The lowest BCUT2D eigenvalue weighted by atomic mass is 9.91. The SMILES string of the molecule is CC(C)(C)OC(=O)N1CCC(CCC(=O)N2CCC[C@@H](C(N)=O)C2)CC1. The fourth-order valence-electron chi connectivity index (χ4n) is 3.65. The summed E-state index contributed by atoms with van der Waals surface area (Å²) in [6.07, 6.45) is 4.50. The number of hydrogen-bond donors (Lipinski definition) is 1. The van der Waals surface area contributed by atoms with Gasteiger partial charge in [-0.15, -0.1) is 0 Å². The van der Waals surface area contributed by atoms with E-state index < -0.39 is 5.60 Å². The first kappa shape index (κ1) is 20.5. The molecule has 2 aliphatic heterocycles. The second-order valence-electron chi connectivity index (χ2n) is 8.53. The summed E-state index contributed by atoms with van der Waals surface area (Å²) in [4.78, 5) is 39.4. The Bertz CT molecular complexity index is 521. The van der Waals surface area contributed by atoms with E-state index in [0.29, 0.717) is 32.0 Å². The molecule has 0 unspecified atom stereocenters. The molecule has 148 valence electrons. The molecular weight excluding hydrogens is 334 g/mol. The van der Waals surface area contributed by atoms with Gasteiger partial charge in [-0.05, 0) is 58.8 Å². The van der Waals surface area contributed by atoms with Crippen LogP contribution >= 0.6 is 0 Å². The molecule has 2 heterocycles. The van der Waals surface area contributed by atoms with Crippen molar-refractivity contribution in [3.05, 3.63) is 0 Å². The number of nitrogens with two attached hydrogens (primary N) is 1. The Balaban J connectivity index is 1.70. The third kappa shape index (κ3) is 6.18. The van der Waals surface area contributed by atoms with Crippen LogP contribution in [0.15, 0.2) is 0 Å². The molecule has 7 nitrogen and oxygen atoms in total. The first-order valence-corrected chi connectivity index (χ1v) is 9.70. The van der Waals surface area contributed by atoms with Crippen molar-refractivity contribution in [2.75, 3.05) is 26.2 Å². The van der Waals surface area contributed by atoms with Gasteiger partial charge in [-0.1, -0.05) is 0 Å². The lowest BCUT2D eigenvalue weighted by Gasteiger charge is -2.34. The number of primary amides is 1. The molecule has 2 saturated heterocycles. The van der Waals surface area contributed by atoms with Gasteiger partial charge in [-0.2, -0.15) is 0 Å². The molecule has 26 heavy (non-hydrogen) atoms. The summed E-state index contributed by atoms with van der Waals surface area (Å²) in [5.41, 5.74) is 4.90. The van der Waals surface area contributed by atoms with E-state index in [-0.39, 0.29) is 23.8 Å². The number of likely N-dealkylation sites (tertiary alicyclic amines) is 2. The highest BCUT2D eigenvalue weighted by Crippen LogP contribution is 2.24. The molecule has 1 atom stereocenters. The maximum absolute atomic E-state index is 12.4. The standard InChI is InChI=1S/C19H33N3O4/c1-19(2,3)26-18(25)21-11-8-14(9-12-21)6-7-16(23)22-10-4-5-15(13-22)17(20)24/h14-15H,4-13H2,1-3H3,(H2,20,24)/t15-/m1/s1. The van der Waals surface area contributed by atoms with Gasteiger partial charge >= 0.3 is 6.09 Å². The molecule has 3 amide bonds. The molecule has 0 radical (unpaired) electrons. The smallest absolute Gasteiger partial charge is 0.410 e. The molecule has 2 N–H and O–H groups in total. The van der Waals surface area contributed by atoms with Gasteiger partial charge in [0.1, 0.15) is 5.60 Å². The van der Waals surface area contributed by atoms with Crippen molar-refractivity contribution in [1.82, 2.24) is 9.80 Å². The van der Waals surface area contributed by atoms with Crippen molar-refractivity contribution in [3.63, 3.8) is 0 Å². The average molecular weight is 367 g/mol. The van der Waals surface area contributed by atoms with Gasteiger partial charge in [0.2, 0.25) is 11.8 Å². The zero-order valence-electron chi connectivity index (χ0n) is 16.3. The predicted octanol–water partition coefficient (Wildman–Crippen LogP) is 2.14. The second kappa shape index (κ2) is 8.73. The van der Waals surface area contributed by atoms with Gasteiger partial charge in [0.05, 0.1) is 5.92 Å². The fourth-order valence-corrected chi connectivity index (χ4v) is 3.65. The van der Waals surface area contributed by atoms with Gasteiger partial charge in [0.25, 0.3) is 0 Å². The molecule has 7 heteroatoms. The Morgan fingerprint density at radius 3 is 2.27 bits per heavy atom. The van der Waals surface area contributed by atoms with E-state index in [1.54, 1.807) is 9.80 Å². The van der Waals surface area contributed by atoms with Gasteiger partial charge in [0, 0.05) is 32.6 Å². The lowest BCUT2D eigenvalue weighted by Crippen LogP contribution is -2.44. The van der Waals surface area contributed by atoms with Crippen LogP contribution in [-0.2, 0) is 14.3 Å².